The second-order valence-electron chi connectivity index (χ2n) is 8.17. The Morgan fingerprint density at radius 2 is 1.91 bits per heavy atom. The molecule has 0 spiro atoms. The molecule has 172 valence electrons. The molecule has 0 saturated carbocycles. The third-order valence-electron chi connectivity index (χ3n) is 6.16. The molecular formula is C24H27N5O4. The van der Waals surface area contributed by atoms with Gasteiger partial charge in [-0.1, -0.05) is 6.07 Å². The fraction of sp³-hybridized carbons (Fsp3) is 0.333. The zero-order chi connectivity index (χ0) is 23.5. The second kappa shape index (κ2) is 9.41. The largest absolute Gasteiger partial charge is 0.495 e. The van der Waals surface area contributed by atoms with E-state index in [4.69, 9.17) is 4.74 Å². The van der Waals surface area contributed by atoms with Gasteiger partial charge in [-0.15, -0.1) is 0 Å². The van der Waals surface area contributed by atoms with Gasteiger partial charge in [0.2, 0.25) is 5.91 Å². The van der Waals surface area contributed by atoms with Gasteiger partial charge in [-0.25, -0.2) is 0 Å². The van der Waals surface area contributed by atoms with Crippen LogP contribution in [-0.4, -0.2) is 60.0 Å². The van der Waals surface area contributed by atoms with Gasteiger partial charge in [-0.2, -0.15) is 0 Å². The number of pyridine rings is 1. The molecule has 9 heteroatoms. The quantitative estimate of drug-likeness (QED) is 0.453. The standard InChI is InChI=1S/C24H27N5O4/c1-16-4-7-23(33-3)20(14-16)26-24(30)17(2)27-10-12-28(13-11-27)21-5-6-22(29(31)32)19-15-25-9-8-18(19)21/h4-9,14-15,17H,10-13H2,1-3H3,(H,26,30). The molecule has 1 fully saturated rings. The number of methoxy groups -OCH3 is 1. The van der Waals surface area contributed by atoms with Crippen LogP contribution < -0.4 is 15.0 Å². The van der Waals surface area contributed by atoms with E-state index < -0.39 is 0 Å². The van der Waals surface area contributed by atoms with Crippen LogP contribution in [0.1, 0.15) is 12.5 Å². The average Bonchev–Trinajstić information content (AvgIpc) is 2.83. The number of aryl methyl sites for hydroxylation is 1. The number of fused-ring (bicyclic) bond motifs is 1. The monoisotopic (exact) mass is 449 g/mol. The van der Waals surface area contributed by atoms with Crippen LogP contribution in [0.2, 0.25) is 0 Å². The van der Waals surface area contributed by atoms with Gasteiger partial charge in [0.15, 0.2) is 0 Å². The molecule has 1 atom stereocenters. The van der Waals surface area contributed by atoms with E-state index >= 15 is 0 Å². The van der Waals surface area contributed by atoms with Crippen molar-refractivity contribution in [3.05, 3.63) is 64.5 Å². The number of nitro groups is 1. The number of carbonyl (C=O) groups is 1. The maximum absolute atomic E-state index is 12.9. The number of ether oxygens (including phenoxy) is 1. The number of hydrogen-bond donors (Lipinski definition) is 1. The molecular weight excluding hydrogens is 422 g/mol. The first-order chi connectivity index (χ1) is 15.9. The number of amides is 1. The number of nitro benzene ring substituents is 1. The number of hydrogen-bond acceptors (Lipinski definition) is 7. The minimum absolute atomic E-state index is 0.0531. The van der Waals surface area contributed by atoms with Crippen LogP contribution in [0.5, 0.6) is 5.75 Å². The fourth-order valence-electron chi connectivity index (χ4n) is 4.27. The Morgan fingerprint density at radius 1 is 1.15 bits per heavy atom. The number of nitrogens with one attached hydrogen (secondary N) is 1. The summed E-state index contributed by atoms with van der Waals surface area (Å²) in [6.45, 7) is 6.68. The summed E-state index contributed by atoms with van der Waals surface area (Å²) < 4.78 is 5.37. The van der Waals surface area contributed by atoms with Gasteiger partial charge in [-0.05, 0) is 43.7 Å². The summed E-state index contributed by atoms with van der Waals surface area (Å²) in [6, 6.07) is 10.5. The number of nitrogens with zero attached hydrogens (tertiary/aromatic N) is 4. The van der Waals surface area contributed by atoms with Crippen molar-refractivity contribution in [3.8, 4) is 5.75 Å². The molecule has 3 aromatic rings. The van der Waals surface area contributed by atoms with E-state index in [2.05, 4.69) is 20.1 Å². The maximum atomic E-state index is 12.9. The van der Waals surface area contributed by atoms with Crippen molar-refractivity contribution in [3.63, 3.8) is 0 Å². The Morgan fingerprint density at radius 3 is 2.61 bits per heavy atom. The third kappa shape index (κ3) is 4.58. The molecule has 9 nitrogen and oxygen atoms in total. The van der Waals surface area contributed by atoms with E-state index in [-0.39, 0.29) is 22.6 Å². The second-order valence-corrected chi connectivity index (χ2v) is 8.17. The number of piperazine rings is 1. The molecule has 1 aliphatic heterocycles. The van der Waals surface area contributed by atoms with Crippen LogP contribution >= 0.6 is 0 Å². The lowest BCUT2D eigenvalue weighted by Crippen LogP contribution is -2.52. The highest BCUT2D eigenvalue weighted by atomic mass is 16.6. The summed E-state index contributed by atoms with van der Waals surface area (Å²) in [4.78, 5) is 32.3. The summed E-state index contributed by atoms with van der Waals surface area (Å²) >= 11 is 0. The van der Waals surface area contributed by atoms with Gasteiger partial charge in [0, 0.05) is 55.7 Å². The highest BCUT2D eigenvalue weighted by Gasteiger charge is 2.27. The van der Waals surface area contributed by atoms with Crippen molar-refractivity contribution in [1.29, 1.82) is 0 Å². The van der Waals surface area contributed by atoms with Gasteiger partial charge in [0.25, 0.3) is 5.69 Å². The summed E-state index contributed by atoms with van der Waals surface area (Å²) in [5.41, 5.74) is 2.70. The predicted octanol–water partition coefficient (Wildman–Crippen LogP) is 3.61. The van der Waals surface area contributed by atoms with Gasteiger partial charge in [0.1, 0.15) is 5.75 Å². The van der Waals surface area contributed by atoms with Crippen molar-refractivity contribution >= 4 is 33.7 Å². The van der Waals surface area contributed by atoms with Crippen LogP contribution in [0.4, 0.5) is 17.1 Å². The molecule has 1 N–H and O–H groups in total. The molecule has 2 heterocycles. The lowest BCUT2D eigenvalue weighted by molar-refractivity contribution is -0.383. The van der Waals surface area contributed by atoms with Crippen LogP contribution in [0.3, 0.4) is 0 Å². The number of non-ortho nitro benzene ring substituents is 1. The van der Waals surface area contributed by atoms with Gasteiger partial charge in [0.05, 0.1) is 29.1 Å². The Labute approximate surface area is 192 Å². The number of benzene rings is 2. The Balaban J connectivity index is 1.45. The van der Waals surface area contributed by atoms with E-state index in [1.807, 2.05) is 38.1 Å². The fourth-order valence-corrected chi connectivity index (χ4v) is 4.27. The Bertz CT molecular complexity index is 1190. The first-order valence-corrected chi connectivity index (χ1v) is 10.8. The Kier molecular flexibility index (Phi) is 6.41. The third-order valence-corrected chi connectivity index (χ3v) is 6.16. The zero-order valence-corrected chi connectivity index (χ0v) is 18.9. The van der Waals surface area contributed by atoms with Crippen LogP contribution in [-0.2, 0) is 4.79 Å². The van der Waals surface area contributed by atoms with Crippen LogP contribution in [0.15, 0.2) is 48.8 Å². The highest BCUT2D eigenvalue weighted by Crippen LogP contribution is 2.33. The summed E-state index contributed by atoms with van der Waals surface area (Å²) in [7, 11) is 1.58. The molecule has 1 saturated heterocycles. The molecule has 0 bridgehead atoms. The van der Waals surface area contributed by atoms with E-state index in [0.29, 0.717) is 43.0 Å². The summed E-state index contributed by atoms with van der Waals surface area (Å²) in [6.07, 6.45) is 3.19. The minimum atomic E-state index is -0.380. The van der Waals surface area contributed by atoms with Crippen molar-refractivity contribution in [2.75, 3.05) is 43.5 Å². The predicted molar refractivity (Wildman–Crippen MR) is 128 cm³/mol. The first kappa shape index (κ1) is 22.5. The summed E-state index contributed by atoms with van der Waals surface area (Å²) in [5, 5.41) is 15.7. The van der Waals surface area contributed by atoms with Crippen molar-refractivity contribution < 1.29 is 14.5 Å². The lowest BCUT2D eigenvalue weighted by atomic mass is 10.1. The van der Waals surface area contributed by atoms with E-state index in [9.17, 15) is 14.9 Å². The molecule has 1 unspecified atom stereocenters. The topological polar surface area (TPSA) is 101 Å². The van der Waals surface area contributed by atoms with Crippen molar-refractivity contribution in [1.82, 2.24) is 9.88 Å². The number of anilines is 2. The minimum Gasteiger partial charge on any atom is -0.495 e. The maximum Gasteiger partial charge on any atom is 0.278 e. The molecule has 1 aliphatic rings. The summed E-state index contributed by atoms with van der Waals surface area (Å²) in [5.74, 6) is 0.546. The van der Waals surface area contributed by atoms with Gasteiger partial charge >= 0.3 is 0 Å². The molecule has 4 rings (SSSR count). The van der Waals surface area contributed by atoms with Crippen molar-refractivity contribution in [2.24, 2.45) is 0 Å². The first-order valence-electron chi connectivity index (χ1n) is 10.8. The van der Waals surface area contributed by atoms with Crippen LogP contribution in [0.25, 0.3) is 10.8 Å². The van der Waals surface area contributed by atoms with Crippen LogP contribution in [0, 0.1) is 17.0 Å². The molecule has 2 aromatic carbocycles. The average molecular weight is 450 g/mol. The highest BCUT2D eigenvalue weighted by molar-refractivity contribution is 5.99. The molecule has 1 aromatic heterocycles. The van der Waals surface area contributed by atoms with Gasteiger partial charge in [-0.3, -0.25) is 24.8 Å². The lowest BCUT2D eigenvalue weighted by Gasteiger charge is -2.39. The molecule has 1 amide bonds. The Hall–Kier alpha value is -3.72. The number of aromatic nitrogens is 1. The van der Waals surface area contributed by atoms with E-state index in [1.54, 1.807) is 25.6 Å². The normalized spacial score (nSPS) is 15.3. The molecule has 0 aliphatic carbocycles. The van der Waals surface area contributed by atoms with E-state index in [0.717, 1.165) is 16.6 Å². The smallest absolute Gasteiger partial charge is 0.278 e. The van der Waals surface area contributed by atoms with Crippen molar-refractivity contribution in [2.45, 2.75) is 19.9 Å². The zero-order valence-electron chi connectivity index (χ0n) is 18.9. The number of rotatable bonds is 6. The van der Waals surface area contributed by atoms with Gasteiger partial charge < -0.3 is 15.0 Å². The SMILES string of the molecule is COc1ccc(C)cc1NC(=O)C(C)N1CCN(c2ccc([N+](=O)[O-])c3cnccc23)CC1. The molecule has 33 heavy (non-hydrogen) atoms. The van der Waals surface area contributed by atoms with E-state index in [1.165, 1.54) is 6.07 Å². The molecule has 0 radical (unpaired) electrons. The number of carbonyl (C=O) groups excluding carboxylic acids is 1.